The Morgan fingerprint density at radius 3 is 1.87 bits per heavy atom. The molecule has 0 aromatic heterocycles. The van der Waals surface area contributed by atoms with Gasteiger partial charge in [0.25, 0.3) is 0 Å². The minimum absolute atomic E-state index is 0.157. The molecule has 2 unspecified atom stereocenters. The molecule has 0 saturated heterocycles. The van der Waals surface area contributed by atoms with Gasteiger partial charge in [-0.05, 0) is 138 Å². The van der Waals surface area contributed by atoms with Gasteiger partial charge in [-0.25, -0.2) is 4.39 Å². The van der Waals surface area contributed by atoms with E-state index in [1.165, 1.54) is 23.8 Å². The Morgan fingerprint density at radius 2 is 1.36 bits per heavy atom. The average molecular weight is 623 g/mol. The van der Waals surface area contributed by atoms with Crippen molar-refractivity contribution in [2.24, 2.45) is 10.8 Å². The van der Waals surface area contributed by atoms with Crippen molar-refractivity contribution in [3.63, 3.8) is 0 Å². The molecule has 0 fully saturated rings. The van der Waals surface area contributed by atoms with Gasteiger partial charge in [0.05, 0.1) is 10.8 Å². The molecule has 1 aliphatic rings. The topological polar surface area (TPSA) is 93.1 Å². The first-order chi connectivity index (χ1) is 21.0. The number of carbonyl (C=O) groups is 2. The van der Waals surface area contributed by atoms with Crippen molar-refractivity contribution in [2.45, 2.75) is 106 Å². The summed E-state index contributed by atoms with van der Waals surface area (Å²) in [6.45, 7) is 17.6. The normalized spacial score (nSPS) is 16.2. The highest BCUT2D eigenvalue weighted by atomic mass is 19.1. The van der Waals surface area contributed by atoms with E-state index in [9.17, 15) is 14.0 Å². The highest BCUT2D eigenvalue weighted by molar-refractivity contribution is 5.78. The van der Waals surface area contributed by atoms with Gasteiger partial charge >= 0.3 is 11.9 Å². The van der Waals surface area contributed by atoms with Gasteiger partial charge in [-0.1, -0.05) is 45.9 Å². The number of rotatable bonds is 8. The van der Waals surface area contributed by atoms with Crippen molar-refractivity contribution >= 4 is 11.9 Å². The zero-order chi connectivity index (χ0) is 34.0. The van der Waals surface area contributed by atoms with Crippen LogP contribution in [0.5, 0.6) is 17.2 Å². The lowest BCUT2D eigenvalue weighted by molar-refractivity contribution is -0.170. The molecule has 45 heavy (non-hydrogen) atoms. The van der Waals surface area contributed by atoms with Crippen molar-refractivity contribution in [2.75, 3.05) is 0 Å². The maximum atomic E-state index is 13.2. The fraction of sp³-hybridized carbons (Fsp3) is 0.474. The van der Waals surface area contributed by atoms with E-state index in [0.29, 0.717) is 17.4 Å². The van der Waals surface area contributed by atoms with Crippen molar-refractivity contribution in [3.8, 4) is 17.2 Å². The van der Waals surface area contributed by atoms with Gasteiger partial charge in [0.1, 0.15) is 28.7 Å². The molecule has 0 heterocycles. The van der Waals surface area contributed by atoms with Crippen LogP contribution < -0.4 is 4.74 Å². The summed E-state index contributed by atoms with van der Waals surface area (Å²) in [6.07, 6.45) is 4.08. The van der Waals surface area contributed by atoms with Crippen LogP contribution in [0, 0.1) is 16.6 Å². The summed E-state index contributed by atoms with van der Waals surface area (Å²) in [4.78, 5) is 23.9. The predicted octanol–water partition coefficient (Wildman–Crippen LogP) is 9.61. The summed E-state index contributed by atoms with van der Waals surface area (Å²) >= 11 is 0. The summed E-state index contributed by atoms with van der Waals surface area (Å²) in [5, 5.41) is 18.1. The van der Waals surface area contributed by atoms with Gasteiger partial charge in [-0.3, -0.25) is 9.59 Å². The number of phenolic OH excluding ortho intramolecular Hbond substituents is 2. The monoisotopic (exact) mass is 622 g/mol. The number of esters is 2. The molecule has 1 aliphatic carbocycles. The van der Waals surface area contributed by atoms with Gasteiger partial charge in [0.15, 0.2) is 0 Å². The number of aryl methyl sites for hydroxylation is 1. The third kappa shape index (κ3) is 10.6. The molecule has 3 aromatic carbocycles. The Morgan fingerprint density at radius 1 is 0.844 bits per heavy atom. The molecule has 0 saturated carbocycles. The summed E-state index contributed by atoms with van der Waals surface area (Å²) < 4.78 is 24.1. The van der Waals surface area contributed by atoms with Crippen LogP contribution in [0.1, 0.15) is 111 Å². The molecule has 0 bridgehead atoms. The lowest BCUT2D eigenvalue weighted by Crippen LogP contribution is -2.34. The number of hydrogen-bond donors (Lipinski definition) is 2. The SMILES string of the molecule is CCC(C)(C)C(=O)OC1(C)CCc2cc(F)ccc21.CCC(C)(C)C(=O)Oc1ccc(O)cc1.CCC(C)c1ccc(O)cc1. The first kappa shape index (κ1) is 37.3. The van der Waals surface area contributed by atoms with E-state index >= 15 is 0 Å². The molecule has 2 atom stereocenters. The number of phenols is 2. The zero-order valence-corrected chi connectivity index (χ0v) is 28.4. The van der Waals surface area contributed by atoms with Gasteiger partial charge in [-0.2, -0.15) is 0 Å². The molecular weight excluding hydrogens is 571 g/mol. The second kappa shape index (κ2) is 15.9. The average Bonchev–Trinajstić information content (AvgIpc) is 3.33. The maximum absolute atomic E-state index is 13.2. The molecule has 7 heteroatoms. The highest BCUT2D eigenvalue weighted by Gasteiger charge is 2.41. The van der Waals surface area contributed by atoms with Gasteiger partial charge < -0.3 is 19.7 Å². The summed E-state index contributed by atoms with van der Waals surface area (Å²) in [5.41, 5.74) is 1.61. The molecule has 0 radical (unpaired) electrons. The highest BCUT2D eigenvalue weighted by Crippen LogP contribution is 2.41. The Kier molecular flexibility index (Phi) is 13.2. The number of ether oxygens (including phenoxy) is 2. The van der Waals surface area contributed by atoms with Gasteiger partial charge in [-0.15, -0.1) is 0 Å². The van der Waals surface area contributed by atoms with Crippen LogP contribution in [0.2, 0.25) is 0 Å². The number of carbonyl (C=O) groups excluding carboxylic acids is 2. The molecule has 2 N–H and O–H groups in total. The third-order valence-electron chi connectivity index (χ3n) is 8.82. The number of halogens is 1. The first-order valence-electron chi connectivity index (χ1n) is 15.8. The summed E-state index contributed by atoms with van der Waals surface area (Å²) in [7, 11) is 0. The lowest BCUT2D eigenvalue weighted by Gasteiger charge is -2.31. The summed E-state index contributed by atoms with van der Waals surface area (Å²) in [6, 6.07) is 18.3. The number of hydrogen-bond acceptors (Lipinski definition) is 6. The van der Waals surface area contributed by atoms with Crippen LogP contribution in [0.15, 0.2) is 66.7 Å². The number of aromatic hydroxyl groups is 2. The zero-order valence-electron chi connectivity index (χ0n) is 28.4. The fourth-order valence-electron chi connectivity index (χ4n) is 4.33. The lowest BCUT2D eigenvalue weighted by atomic mass is 9.89. The first-order valence-corrected chi connectivity index (χ1v) is 15.8. The largest absolute Gasteiger partial charge is 0.508 e. The van der Waals surface area contributed by atoms with Crippen LogP contribution in [0.3, 0.4) is 0 Å². The van der Waals surface area contributed by atoms with E-state index in [0.717, 1.165) is 43.2 Å². The minimum Gasteiger partial charge on any atom is -0.508 e. The summed E-state index contributed by atoms with van der Waals surface area (Å²) in [5.74, 6) is 0.880. The Balaban J connectivity index is 0.000000244. The van der Waals surface area contributed by atoms with E-state index < -0.39 is 16.4 Å². The third-order valence-corrected chi connectivity index (χ3v) is 8.82. The van der Waals surface area contributed by atoms with E-state index in [2.05, 4.69) is 13.8 Å². The number of benzene rings is 3. The molecule has 0 amide bonds. The van der Waals surface area contributed by atoms with E-state index in [4.69, 9.17) is 19.7 Å². The molecular formula is C38H51FO6. The van der Waals surface area contributed by atoms with Crippen molar-refractivity contribution in [1.82, 2.24) is 0 Å². The standard InChI is InChI=1S/C16H21FO2.C12H16O3.C10H14O/c1-5-15(2,3)14(18)19-16(4)9-8-11-10-12(17)6-7-13(11)16;1-4-12(2,3)11(14)15-10-7-5-9(13)6-8-10;1-3-8(2)9-4-6-10(11)7-5-9/h6-7,10H,5,8-9H2,1-4H3;5-8,13H,4H2,1-3H3;4-8,11H,3H2,1-2H3. The maximum Gasteiger partial charge on any atom is 0.316 e. The molecule has 6 nitrogen and oxygen atoms in total. The van der Waals surface area contributed by atoms with Crippen molar-refractivity contribution < 1.29 is 33.7 Å². The smallest absolute Gasteiger partial charge is 0.316 e. The predicted molar refractivity (Wildman–Crippen MR) is 177 cm³/mol. The van der Waals surface area contributed by atoms with E-state index in [1.807, 2.05) is 60.6 Å². The molecule has 3 aromatic rings. The van der Waals surface area contributed by atoms with Crippen LogP contribution in [-0.4, -0.2) is 22.2 Å². The fourth-order valence-corrected chi connectivity index (χ4v) is 4.33. The second-order valence-electron chi connectivity index (χ2n) is 13.2. The molecule has 0 aliphatic heterocycles. The van der Waals surface area contributed by atoms with Gasteiger partial charge in [0, 0.05) is 0 Å². The minimum atomic E-state index is -0.618. The second-order valence-corrected chi connectivity index (χ2v) is 13.2. The van der Waals surface area contributed by atoms with E-state index in [-0.39, 0.29) is 23.5 Å². The molecule has 4 rings (SSSR count). The molecule has 0 spiro atoms. The van der Waals surface area contributed by atoms with E-state index in [1.54, 1.807) is 36.4 Å². The van der Waals surface area contributed by atoms with Crippen molar-refractivity contribution in [1.29, 1.82) is 0 Å². The van der Waals surface area contributed by atoms with Crippen LogP contribution in [-0.2, 0) is 26.3 Å². The van der Waals surface area contributed by atoms with Gasteiger partial charge in [0.2, 0.25) is 0 Å². The Hall–Kier alpha value is -3.87. The quantitative estimate of drug-likeness (QED) is 0.192. The van der Waals surface area contributed by atoms with Crippen molar-refractivity contribution in [3.05, 3.63) is 89.2 Å². The van der Waals surface area contributed by atoms with Crippen LogP contribution in [0.4, 0.5) is 4.39 Å². The number of fused-ring (bicyclic) bond motifs is 1. The Bertz CT molecular complexity index is 1390. The van der Waals surface area contributed by atoms with Crippen LogP contribution >= 0.6 is 0 Å². The van der Waals surface area contributed by atoms with Crippen LogP contribution in [0.25, 0.3) is 0 Å². The Labute approximate surface area is 268 Å². The molecule has 246 valence electrons.